The van der Waals surface area contributed by atoms with Gasteiger partial charge in [-0.3, -0.25) is 19.5 Å². The third-order valence-corrected chi connectivity index (χ3v) is 8.38. The van der Waals surface area contributed by atoms with Gasteiger partial charge in [-0.25, -0.2) is 4.99 Å². The Balaban J connectivity index is 1.54. The van der Waals surface area contributed by atoms with E-state index in [2.05, 4.69) is 6.08 Å². The van der Waals surface area contributed by atoms with Crippen LogP contribution in [0.3, 0.4) is 0 Å². The van der Waals surface area contributed by atoms with Crippen molar-refractivity contribution in [3.8, 4) is 11.5 Å². The molecular formula is C32H27N3O5S. The zero-order valence-corrected chi connectivity index (χ0v) is 23.4. The molecule has 0 saturated heterocycles. The van der Waals surface area contributed by atoms with Crippen molar-refractivity contribution in [1.82, 2.24) is 4.57 Å². The Morgan fingerprint density at radius 1 is 0.951 bits per heavy atom. The lowest BCUT2D eigenvalue weighted by Gasteiger charge is -2.31. The van der Waals surface area contributed by atoms with Gasteiger partial charge in [0.1, 0.15) is 11.5 Å². The minimum atomic E-state index is -0.437. The Morgan fingerprint density at radius 2 is 1.66 bits per heavy atom. The second-order valence-corrected chi connectivity index (χ2v) is 10.9. The zero-order chi connectivity index (χ0) is 28.5. The van der Waals surface area contributed by atoms with E-state index in [0.29, 0.717) is 14.9 Å². The first kappa shape index (κ1) is 26.5. The van der Waals surface area contributed by atoms with E-state index in [4.69, 9.17) is 14.5 Å². The molecule has 2 aliphatic rings. The molecule has 0 saturated carbocycles. The molecule has 9 heteroatoms. The molecule has 206 valence electrons. The predicted octanol–water partition coefficient (Wildman–Crippen LogP) is 5.41. The summed E-state index contributed by atoms with van der Waals surface area (Å²) in [4.78, 5) is 30.5. The number of aromatic nitrogens is 1. The van der Waals surface area contributed by atoms with Crippen LogP contribution in [0.1, 0.15) is 42.0 Å². The molecule has 0 N–H and O–H groups in total. The second-order valence-electron chi connectivity index (χ2n) is 9.88. The number of benzene rings is 3. The van der Waals surface area contributed by atoms with Gasteiger partial charge >= 0.3 is 0 Å². The van der Waals surface area contributed by atoms with Gasteiger partial charge in [0.25, 0.3) is 11.2 Å². The summed E-state index contributed by atoms with van der Waals surface area (Å²) in [6.07, 6.45) is 6.52. The van der Waals surface area contributed by atoms with E-state index in [9.17, 15) is 14.9 Å². The molecule has 0 bridgehead atoms. The third-order valence-electron chi connectivity index (χ3n) is 7.40. The van der Waals surface area contributed by atoms with Crippen molar-refractivity contribution in [2.75, 3.05) is 14.2 Å². The molecule has 4 aromatic rings. The Labute approximate surface area is 240 Å². The van der Waals surface area contributed by atoms with Gasteiger partial charge in [0, 0.05) is 12.1 Å². The van der Waals surface area contributed by atoms with Gasteiger partial charge in [0.2, 0.25) is 0 Å². The molecule has 1 aliphatic heterocycles. The lowest BCUT2D eigenvalue weighted by atomic mass is 9.84. The van der Waals surface area contributed by atoms with Crippen LogP contribution in [0.25, 0.3) is 12.2 Å². The monoisotopic (exact) mass is 565 g/mol. The van der Waals surface area contributed by atoms with E-state index < -0.39 is 4.92 Å². The molecule has 6 rings (SSSR count). The van der Waals surface area contributed by atoms with E-state index in [0.717, 1.165) is 58.7 Å². The van der Waals surface area contributed by atoms with Crippen LogP contribution in [-0.4, -0.2) is 23.7 Å². The number of hydrogen-bond donors (Lipinski definition) is 0. The molecular weight excluding hydrogens is 538 g/mol. The molecule has 0 amide bonds. The summed E-state index contributed by atoms with van der Waals surface area (Å²) in [7, 11) is 3.28. The number of nitro groups is 1. The zero-order valence-electron chi connectivity index (χ0n) is 22.6. The standard InChI is InChI=1S/C32H27N3O5S/c1-39-25-13-9-20(10-14-25)17-23-6-4-8-27-29(23)33-32-34(30(27)22-11-15-26(40-2)16-12-22)31(36)28(41-32)19-21-5-3-7-24(18-21)35(37)38/h3,5,7,9-19,30H,4,6,8H2,1-2H3/b23-17-,28-19?/t30-/m0/s1. The molecule has 0 radical (unpaired) electrons. The molecule has 1 aliphatic carbocycles. The summed E-state index contributed by atoms with van der Waals surface area (Å²) in [6, 6.07) is 21.7. The minimum absolute atomic E-state index is 0.0218. The van der Waals surface area contributed by atoms with Crippen LogP contribution in [0.15, 0.2) is 99.4 Å². The largest absolute Gasteiger partial charge is 0.497 e. The number of nitro benzene ring substituents is 1. The number of thiazole rings is 1. The summed E-state index contributed by atoms with van der Waals surface area (Å²) in [5.41, 5.74) is 5.60. The SMILES string of the molecule is COc1ccc(/C=C2/CCCC3=C2N=c2sc(=Cc4cccc([N+](=O)[O-])c4)c(=O)n2[C@H]3c2ccc(OC)cc2)cc1. The van der Waals surface area contributed by atoms with Crippen molar-refractivity contribution in [2.45, 2.75) is 25.3 Å². The normalized spacial score (nSPS) is 17.6. The molecule has 2 heterocycles. The van der Waals surface area contributed by atoms with E-state index >= 15 is 0 Å². The molecule has 0 fully saturated rings. The van der Waals surface area contributed by atoms with E-state index in [1.165, 1.54) is 23.5 Å². The average Bonchev–Trinajstić information content (AvgIpc) is 3.31. The lowest BCUT2D eigenvalue weighted by Crippen LogP contribution is -2.39. The number of ether oxygens (including phenoxy) is 2. The maximum absolute atomic E-state index is 13.9. The van der Waals surface area contributed by atoms with Crippen molar-refractivity contribution >= 4 is 29.2 Å². The smallest absolute Gasteiger partial charge is 0.271 e. The van der Waals surface area contributed by atoms with Gasteiger partial charge in [0.05, 0.1) is 35.4 Å². The first-order chi connectivity index (χ1) is 19.9. The van der Waals surface area contributed by atoms with Gasteiger partial charge in [-0.15, -0.1) is 0 Å². The predicted molar refractivity (Wildman–Crippen MR) is 159 cm³/mol. The van der Waals surface area contributed by atoms with Crippen molar-refractivity contribution in [2.24, 2.45) is 4.99 Å². The summed E-state index contributed by atoms with van der Waals surface area (Å²) in [6.45, 7) is 0. The number of non-ortho nitro benzene ring substituents is 1. The highest BCUT2D eigenvalue weighted by Crippen LogP contribution is 2.41. The maximum Gasteiger partial charge on any atom is 0.271 e. The summed E-state index contributed by atoms with van der Waals surface area (Å²) in [5, 5.41) is 11.3. The number of hydrogen-bond acceptors (Lipinski definition) is 7. The van der Waals surface area contributed by atoms with Gasteiger partial charge in [-0.05, 0) is 83.5 Å². The van der Waals surface area contributed by atoms with Crippen molar-refractivity contribution in [3.63, 3.8) is 0 Å². The second kappa shape index (κ2) is 11.0. The quantitative estimate of drug-likeness (QED) is 0.230. The molecule has 0 unspecified atom stereocenters. The first-order valence-corrected chi connectivity index (χ1v) is 14.0. The fraction of sp³-hybridized carbons (Fsp3) is 0.188. The molecule has 41 heavy (non-hydrogen) atoms. The average molecular weight is 566 g/mol. The van der Waals surface area contributed by atoms with E-state index in [1.807, 2.05) is 48.5 Å². The van der Waals surface area contributed by atoms with Crippen molar-refractivity contribution < 1.29 is 14.4 Å². The molecule has 1 atom stereocenters. The summed E-state index contributed by atoms with van der Waals surface area (Å²) < 4.78 is 12.9. The van der Waals surface area contributed by atoms with Crippen LogP contribution < -0.4 is 24.4 Å². The molecule has 0 spiro atoms. The Morgan fingerprint density at radius 3 is 2.34 bits per heavy atom. The summed E-state index contributed by atoms with van der Waals surface area (Å²) in [5.74, 6) is 1.54. The van der Waals surface area contributed by atoms with Crippen LogP contribution in [0.2, 0.25) is 0 Å². The van der Waals surface area contributed by atoms with Gasteiger partial charge in [-0.2, -0.15) is 0 Å². The van der Waals surface area contributed by atoms with E-state index in [1.54, 1.807) is 37.0 Å². The van der Waals surface area contributed by atoms with Gasteiger partial charge in [-0.1, -0.05) is 47.7 Å². The minimum Gasteiger partial charge on any atom is -0.497 e. The summed E-state index contributed by atoms with van der Waals surface area (Å²) >= 11 is 1.30. The Hall–Kier alpha value is -4.76. The van der Waals surface area contributed by atoms with Gasteiger partial charge in [0.15, 0.2) is 4.80 Å². The van der Waals surface area contributed by atoms with Crippen LogP contribution >= 0.6 is 11.3 Å². The molecule has 8 nitrogen and oxygen atoms in total. The van der Waals surface area contributed by atoms with Crippen LogP contribution in [0, 0.1) is 10.1 Å². The van der Waals surface area contributed by atoms with E-state index in [-0.39, 0.29) is 17.3 Å². The lowest BCUT2D eigenvalue weighted by molar-refractivity contribution is -0.384. The third kappa shape index (κ3) is 5.12. The Kier molecular flexibility index (Phi) is 7.11. The highest BCUT2D eigenvalue weighted by atomic mass is 32.1. The topological polar surface area (TPSA) is 96.0 Å². The number of fused-ring (bicyclic) bond motifs is 1. The molecule has 1 aromatic heterocycles. The van der Waals surface area contributed by atoms with Crippen LogP contribution in [0.4, 0.5) is 5.69 Å². The fourth-order valence-electron chi connectivity index (χ4n) is 5.42. The van der Waals surface area contributed by atoms with Crippen LogP contribution in [-0.2, 0) is 0 Å². The molecule has 3 aromatic carbocycles. The maximum atomic E-state index is 13.9. The fourth-order valence-corrected chi connectivity index (χ4v) is 6.42. The highest BCUT2D eigenvalue weighted by Gasteiger charge is 2.32. The van der Waals surface area contributed by atoms with Crippen molar-refractivity contribution in [1.29, 1.82) is 0 Å². The van der Waals surface area contributed by atoms with Crippen LogP contribution in [0.5, 0.6) is 11.5 Å². The number of nitrogens with zero attached hydrogens (tertiary/aromatic N) is 3. The first-order valence-electron chi connectivity index (χ1n) is 13.2. The highest BCUT2D eigenvalue weighted by molar-refractivity contribution is 7.07. The number of rotatable bonds is 6. The number of allylic oxidation sites excluding steroid dienone is 2. The number of methoxy groups -OCH3 is 2. The van der Waals surface area contributed by atoms with Gasteiger partial charge < -0.3 is 9.47 Å². The Bertz CT molecular complexity index is 1880. The van der Waals surface area contributed by atoms with Crippen molar-refractivity contribution in [3.05, 3.63) is 136 Å².